The molecule has 1 aromatic heterocycles. The second-order valence-electron chi connectivity index (χ2n) is 5.40. The van der Waals surface area contributed by atoms with Crippen molar-refractivity contribution >= 4 is 22.3 Å². The van der Waals surface area contributed by atoms with Gasteiger partial charge >= 0.3 is 0 Å². The maximum absolute atomic E-state index is 11.1. The standard InChI is InChI=1S/C15H17N3O2/c1-10-9-13(16-8-7-11-5-6-11)12-3-2-4-14(18(19)20)15(12)17-10/h2-4,9,11H,5-8H2,1H3,(H,16,17). The fourth-order valence-corrected chi connectivity index (χ4v) is 2.47. The monoisotopic (exact) mass is 271 g/mol. The number of hydrogen-bond acceptors (Lipinski definition) is 4. The Kier molecular flexibility index (Phi) is 3.26. The smallest absolute Gasteiger partial charge is 0.295 e. The quantitative estimate of drug-likeness (QED) is 0.665. The van der Waals surface area contributed by atoms with Crippen molar-refractivity contribution in [3.63, 3.8) is 0 Å². The number of aromatic nitrogens is 1. The number of nitrogens with one attached hydrogen (secondary N) is 1. The van der Waals surface area contributed by atoms with E-state index in [9.17, 15) is 10.1 Å². The summed E-state index contributed by atoms with van der Waals surface area (Å²) in [6.45, 7) is 2.77. The molecule has 5 heteroatoms. The lowest BCUT2D eigenvalue weighted by atomic mass is 10.1. The number of hydrogen-bond donors (Lipinski definition) is 1. The van der Waals surface area contributed by atoms with Crippen LogP contribution >= 0.6 is 0 Å². The van der Waals surface area contributed by atoms with Crippen LogP contribution in [-0.4, -0.2) is 16.5 Å². The second kappa shape index (κ2) is 5.07. The molecule has 0 unspecified atom stereocenters. The minimum Gasteiger partial charge on any atom is -0.384 e. The molecule has 3 rings (SSSR count). The third-order valence-electron chi connectivity index (χ3n) is 3.71. The highest BCUT2D eigenvalue weighted by Gasteiger charge is 2.20. The topological polar surface area (TPSA) is 68.1 Å². The molecule has 0 atom stereocenters. The van der Waals surface area contributed by atoms with E-state index in [1.165, 1.54) is 18.9 Å². The summed E-state index contributed by atoms with van der Waals surface area (Å²) in [4.78, 5) is 15.1. The van der Waals surface area contributed by atoms with E-state index < -0.39 is 0 Å². The molecular formula is C15H17N3O2. The van der Waals surface area contributed by atoms with Crippen LogP contribution in [0, 0.1) is 23.0 Å². The second-order valence-corrected chi connectivity index (χ2v) is 5.40. The van der Waals surface area contributed by atoms with Crippen LogP contribution in [0.1, 0.15) is 25.0 Å². The lowest BCUT2D eigenvalue weighted by Gasteiger charge is -2.10. The van der Waals surface area contributed by atoms with E-state index in [0.29, 0.717) is 5.52 Å². The van der Waals surface area contributed by atoms with Gasteiger partial charge in [-0.05, 0) is 25.3 Å². The molecule has 0 saturated heterocycles. The molecule has 0 aliphatic heterocycles. The van der Waals surface area contributed by atoms with E-state index in [4.69, 9.17) is 0 Å². The van der Waals surface area contributed by atoms with Crippen molar-refractivity contribution in [2.24, 2.45) is 5.92 Å². The molecule has 0 spiro atoms. The minimum absolute atomic E-state index is 0.0662. The first kappa shape index (κ1) is 12.8. The molecular weight excluding hydrogens is 254 g/mol. The average Bonchev–Trinajstić information content (AvgIpc) is 3.21. The molecule has 0 bridgehead atoms. The maximum atomic E-state index is 11.1. The molecule has 1 aromatic carbocycles. The molecule has 1 saturated carbocycles. The molecule has 1 N–H and O–H groups in total. The summed E-state index contributed by atoms with van der Waals surface area (Å²) in [5, 5.41) is 15.3. The van der Waals surface area contributed by atoms with Gasteiger partial charge in [-0.2, -0.15) is 0 Å². The summed E-state index contributed by atoms with van der Waals surface area (Å²) < 4.78 is 0. The summed E-state index contributed by atoms with van der Waals surface area (Å²) in [7, 11) is 0. The zero-order chi connectivity index (χ0) is 14.1. The Morgan fingerprint density at radius 1 is 1.45 bits per heavy atom. The van der Waals surface area contributed by atoms with E-state index >= 15 is 0 Å². The van der Waals surface area contributed by atoms with Gasteiger partial charge in [0.2, 0.25) is 0 Å². The van der Waals surface area contributed by atoms with Crippen LogP contribution in [0.15, 0.2) is 24.3 Å². The molecule has 2 aromatic rings. The number of nitro groups is 1. The number of para-hydroxylation sites is 1. The number of aryl methyl sites for hydroxylation is 1. The van der Waals surface area contributed by atoms with Crippen molar-refractivity contribution in [1.82, 2.24) is 4.98 Å². The third-order valence-corrected chi connectivity index (χ3v) is 3.71. The largest absolute Gasteiger partial charge is 0.384 e. The van der Waals surface area contributed by atoms with Gasteiger partial charge < -0.3 is 5.32 Å². The minimum atomic E-state index is -0.372. The zero-order valence-electron chi connectivity index (χ0n) is 11.4. The summed E-state index contributed by atoms with van der Waals surface area (Å²) >= 11 is 0. The highest BCUT2D eigenvalue weighted by molar-refractivity contribution is 5.96. The number of nitrogens with zero attached hydrogens (tertiary/aromatic N) is 2. The molecule has 20 heavy (non-hydrogen) atoms. The first-order valence-electron chi connectivity index (χ1n) is 6.94. The SMILES string of the molecule is Cc1cc(NCCC2CC2)c2cccc([N+](=O)[O-])c2n1. The van der Waals surface area contributed by atoms with Crippen LogP contribution in [0.25, 0.3) is 10.9 Å². The number of nitro benzene ring substituents is 1. The fraction of sp³-hybridized carbons (Fsp3) is 0.400. The number of fused-ring (bicyclic) bond motifs is 1. The molecule has 1 aliphatic rings. The van der Waals surface area contributed by atoms with Gasteiger partial charge in [-0.3, -0.25) is 10.1 Å². The van der Waals surface area contributed by atoms with E-state index in [-0.39, 0.29) is 10.6 Å². The van der Waals surface area contributed by atoms with Gasteiger partial charge in [0.25, 0.3) is 5.69 Å². The number of non-ortho nitro benzene ring substituents is 1. The highest BCUT2D eigenvalue weighted by Crippen LogP contribution is 2.33. The first-order valence-corrected chi connectivity index (χ1v) is 6.94. The Morgan fingerprint density at radius 3 is 2.95 bits per heavy atom. The molecule has 1 heterocycles. The fourth-order valence-electron chi connectivity index (χ4n) is 2.47. The Hall–Kier alpha value is -2.17. The number of rotatable bonds is 5. The Bertz CT molecular complexity index is 665. The van der Waals surface area contributed by atoms with Gasteiger partial charge in [0.05, 0.1) is 4.92 Å². The Morgan fingerprint density at radius 2 is 2.25 bits per heavy atom. The normalized spacial score (nSPS) is 14.4. The van der Waals surface area contributed by atoms with Gasteiger partial charge in [-0.25, -0.2) is 4.98 Å². The van der Waals surface area contributed by atoms with Gasteiger partial charge in [0.1, 0.15) is 0 Å². The number of benzene rings is 1. The first-order chi connectivity index (χ1) is 9.65. The predicted octanol–water partition coefficient (Wildman–Crippen LogP) is 3.66. The van der Waals surface area contributed by atoms with Crippen LogP contribution in [0.5, 0.6) is 0 Å². The van der Waals surface area contributed by atoms with Gasteiger partial charge in [-0.15, -0.1) is 0 Å². The highest BCUT2D eigenvalue weighted by atomic mass is 16.6. The van der Waals surface area contributed by atoms with Crippen molar-refractivity contribution in [3.05, 3.63) is 40.1 Å². The van der Waals surface area contributed by atoms with Crippen LogP contribution < -0.4 is 5.32 Å². The summed E-state index contributed by atoms with van der Waals surface area (Å²) in [6, 6.07) is 7.06. The van der Waals surface area contributed by atoms with Gasteiger partial charge in [0, 0.05) is 29.4 Å². The van der Waals surface area contributed by atoms with Gasteiger partial charge in [0.15, 0.2) is 5.52 Å². The molecule has 0 amide bonds. The van der Waals surface area contributed by atoms with Crippen molar-refractivity contribution < 1.29 is 4.92 Å². The average molecular weight is 271 g/mol. The van der Waals surface area contributed by atoms with Gasteiger partial charge in [-0.1, -0.05) is 25.0 Å². The molecule has 1 fully saturated rings. The number of pyridine rings is 1. The van der Waals surface area contributed by atoms with Crippen molar-refractivity contribution in [2.75, 3.05) is 11.9 Å². The molecule has 1 aliphatic carbocycles. The van der Waals surface area contributed by atoms with Crippen molar-refractivity contribution in [1.29, 1.82) is 0 Å². The molecule has 104 valence electrons. The van der Waals surface area contributed by atoms with E-state index in [2.05, 4.69) is 10.3 Å². The summed E-state index contributed by atoms with van der Waals surface area (Å²) in [5.74, 6) is 0.867. The van der Waals surface area contributed by atoms with Crippen molar-refractivity contribution in [3.8, 4) is 0 Å². The predicted molar refractivity (Wildman–Crippen MR) is 79.0 cm³/mol. The molecule has 0 radical (unpaired) electrons. The summed E-state index contributed by atoms with van der Waals surface area (Å²) in [5.41, 5.74) is 2.26. The zero-order valence-corrected chi connectivity index (χ0v) is 11.4. The lowest BCUT2D eigenvalue weighted by molar-refractivity contribution is -0.383. The number of anilines is 1. The van der Waals surface area contributed by atoms with Crippen molar-refractivity contribution in [2.45, 2.75) is 26.2 Å². The Balaban J connectivity index is 1.97. The van der Waals surface area contributed by atoms with Crippen LogP contribution in [-0.2, 0) is 0 Å². The van der Waals surface area contributed by atoms with Crippen LogP contribution in [0.2, 0.25) is 0 Å². The van der Waals surface area contributed by atoms with Crippen LogP contribution in [0.3, 0.4) is 0 Å². The van der Waals surface area contributed by atoms with E-state index in [0.717, 1.165) is 35.7 Å². The third kappa shape index (κ3) is 2.57. The Labute approximate surface area is 117 Å². The molecule has 5 nitrogen and oxygen atoms in total. The van der Waals surface area contributed by atoms with Crippen LogP contribution in [0.4, 0.5) is 11.4 Å². The van der Waals surface area contributed by atoms with E-state index in [1.54, 1.807) is 6.07 Å². The maximum Gasteiger partial charge on any atom is 0.295 e. The van der Waals surface area contributed by atoms with E-state index in [1.807, 2.05) is 19.1 Å². The lowest BCUT2D eigenvalue weighted by Crippen LogP contribution is -2.04. The summed E-state index contributed by atoms with van der Waals surface area (Å²) in [6.07, 6.45) is 3.84.